The van der Waals surface area contributed by atoms with Crippen LogP contribution in [0.25, 0.3) is 0 Å². The molecule has 0 unspecified atom stereocenters. The van der Waals surface area contributed by atoms with Gasteiger partial charge in [-0.15, -0.1) is 0 Å². The maximum atomic E-state index is 12.7. The van der Waals surface area contributed by atoms with Crippen LogP contribution in [0.2, 0.25) is 0 Å². The van der Waals surface area contributed by atoms with E-state index in [1.165, 1.54) is 4.31 Å². The first kappa shape index (κ1) is 15.5. The first-order chi connectivity index (χ1) is 9.82. The Hall–Kier alpha value is -1.85. The van der Waals surface area contributed by atoms with E-state index in [1.807, 2.05) is 37.3 Å². The minimum absolute atomic E-state index is 0.276. The summed E-state index contributed by atoms with van der Waals surface area (Å²) in [5, 5.41) is 0. The van der Waals surface area contributed by atoms with Gasteiger partial charge in [-0.05, 0) is 42.7 Å². The Balaban J connectivity index is 2.38. The number of hydrogen-bond acceptors (Lipinski definition) is 3. The summed E-state index contributed by atoms with van der Waals surface area (Å²) in [4.78, 5) is 0.276. The van der Waals surface area contributed by atoms with Gasteiger partial charge >= 0.3 is 0 Å². The van der Waals surface area contributed by atoms with Crippen molar-refractivity contribution in [3.8, 4) is 0 Å². The van der Waals surface area contributed by atoms with E-state index in [-0.39, 0.29) is 4.90 Å². The second-order valence-electron chi connectivity index (χ2n) is 5.22. The van der Waals surface area contributed by atoms with Crippen molar-refractivity contribution < 1.29 is 8.42 Å². The number of rotatable bonds is 4. The van der Waals surface area contributed by atoms with E-state index in [0.717, 1.165) is 11.1 Å². The molecule has 112 valence electrons. The fraction of sp³-hybridized carbons (Fsp3) is 0.250. The van der Waals surface area contributed by atoms with Gasteiger partial charge in [0.05, 0.1) is 4.90 Å². The third-order valence-corrected chi connectivity index (χ3v) is 5.41. The van der Waals surface area contributed by atoms with Crippen molar-refractivity contribution in [2.24, 2.45) is 0 Å². The van der Waals surface area contributed by atoms with Gasteiger partial charge in [0.25, 0.3) is 0 Å². The number of sulfonamides is 1. The smallest absolute Gasteiger partial charge is 0.243 e. The van der Waals surface area contributed by atoms with Crippen molar-refractivity contribution in [1.29, 1.82) is 0 Å². The summed E-state index contributed by atoms with van der Waals surface area (Å²) in [6.45, 7) is 3.90. The van der Waals surface area contributed by atoms with Gasteiger partial charge in [-0.3, -0.25) is 0 Å². The van der Waals surface area contributed by atoms with Gasteiger partial charge in [-0.1, -0.05) is 30.3 Å². The second-order valence-corrected chi connectivity index (χ2v) is 7.24. The average molecular weight is 304 g/mol. The molecule has 0 saturated heterocycles. The number of aryl methyl sites for hydroxylation is 1. The van der Waals surface area contributed by atoms with Crippen molar-refractivity contribution >= 4 is 15.7 Å². The lowest BCUT2D eigenvalue weighted by molar-refractivity contribution is 0.466. The zero-order valence-electron chi connectivity index (χ0n) is 12.5. The molecule has 0 saturated carbocycles. The highest BCUT2D eigenvalue weighted by molar-refractivity contribution is 7.89. The molecule has 0 heterocycles. The van der Waals surface area contributed by atoms with Crippen LogP contribution in [0.5, 0.6) is 0 Å². The topological polar surface area (TPSA) is 63.4 Å². The Kier molecular flexibility index (Phi) is 4.34. The fourth-order valence-electron chi connectivity index (χ4n) is 2.21. The lowest BCUT2D eigenvalue weighted by atomic mass is 10.1. The molecule has 0 aliphatic heterocycles. The quantitative estimate of drug-likeness (QED) is 0.883. The highest BCUT2D eigenvalue weighted by atomic mass is 32.2. The van der Waals surface area contributed by atoms with Crippen molar-refractivity contribution in [3.05, 3.63) is 59.2 Å². The summed E-state index contributed by atoms with van der Waals surface area (Å²) in [7, 11) is -1.98. The first-order valence-corrected chi connectivity index (χ1v) is 8.13. The molecule has 5 heteroatoms. The molecule has 0 radical (unpaired) electrons. The van der Waals surface area contributed by atoms with E-state index in [1.54, 1.807) is 26.1 Å². The molecule has 0 amide bonds. The summed E-state index contributed by atoms with van der Waals surface area (Å²) in [6, 6.07) is 13.0. The Morgan fingerprint density at radius 2 is 1.71 bits per heavy atom. The predicted molar refractivity (Wildman–Crippen MR) is 85.4 cm³/mol. The van der Waals surface area contributed by atoms with Crippen LogP contribution in [-0.2, 0) is 16.6 Å². The molecular weight excluding hydrogens is 284 g/mol. The molecule has 2 aromatic rings. The van der Waals surface area contributed by atoms with E-state index in [0.29, 0.717) is 17.8 Å². The van der Waals surface area contributed by atoms with Gasteiger partial charge in [0.2, 0.25) is 10.0 Å². The zero-order chi connectivity index (χ0) is 15.6. The number of nitrogens with two attached hydrogens (primary N) is 1. The van der Waals surface area contributed by atoms with E-state index in [9.17, 15) is 8.42 Å². The average Bonchev–Trinajstić information content (AvgIpc) is 2.43. The van der Waals surface area contributed by atoms with E-state index < -0.39 is 10.0 Å². The van der Waals surface area contributed by atoms with Crippen LogP contribution in [0.3, 0.4) is 0 Å². The van der Waals surface area contributed by atoms with Crippen molar-refractivity contribution in [3.63, 3.8) is 0 Å². The van der Waals surface area contributed by atoms with E-state index in [4.69, 9.17) is 5.73 Å². The second kappa shape index (κ2) is 5.87. The number of benzene rings is 2. The molecule has 21 heavy (non-hydrogen) atoms. The lowest BCUT2D eigenvalue weighted by Crippen LogP contribution is -2.27. The van der Waals surface area contributed by atoms with Gasteiger partial charge in [0, 0.05) is 19.3 Å². The minimum Gasteiger partial charge on any atom is -0.398 e. The Bertz CT molecular complexity index is 740. The van der Waals surface area contributed by atoms with Gasteiger partial charge < -0.3 is 5.73 Å². The lowest BCUT2D eigenvalue weighted by Gasteiger charge is -2.19. The van der Waals surface area contributed by atoms with Crippen molar-refractivity contribution in [1.82, 2.24) is 4.31 Å². The summed E-state index contributed by atoms with van der Waals surface area (Å²) < 4.78 is 26.8. The molecule has 0 aromatic heterocycles. The SMILES string of the molecule is Cc1cc(N)c(C)c(S(=O)(=O)N(C)Cc2ccccc2)c1. The molecule has 4 nitrogen and oxygen atoms in total. The number of nitrogen functional groups attached to an aromatic ring is 1. The van der Waals surface area contributed by atoms with Gasteiger partial charge in [0.15, 0.2) is 0 Å². The third kappa shape index (κ3) is 3.25. The maximum absolute atomic E-state index is 12.7. The van der Waals surface area contributed by atoms with Crippen LogP contribution < -0.4 is 5.73 Å². The Labute approximate surface area is 126 Å². The molecular formula is C16H20N2O2S. The molecule has 0 aliphatic carbocycles. The van der Waals surface area contributed by atoms with E-state index >= 15 is 0 Å². The van der Waals surface area contributed by atoms with Gasteiger partial charge in [-0.2, -0.15) is 4.31 Å². The highest BCUT2D eigenvalue weighted by Crippen LogP contribution is 2.26. The van der Waals surface area contributed by atoms with Crippen molar-refractivity contribution in [2.45, 2.75) is 25.3 Å². The zero-order valence-corrected chi connectivity index (χ0v) is 13.3. The molecule has 0 aliphatic rings. The maximum Gasteiger partial charge on any atom is 0.243 e. The minimum atomic E-state index is -3.56. The summed E-state index contributed by atoms with van der Waals surface area (Å²) in [5.41, 5.74) is 8.77. The predicted octanol–water partition coefficient (Wildman–Crippen LogP) is 2.71. The molecule has 2 N–H and O–H groups in total. The molecule has 0 fully saturated rings. The van der Waals surface area contributed by atoms with Crippen LogP contribution >= 0.6 is 0 Å². The van der Waals surface area contributed by atoms with Crippen LogP contribution in [0.15, 0.2) is 47.4 Å². The first-order valence-electron chi connectivity index (χ1n) is 6.69. The van der Waals surface area contributed by atoms with Crippen LogP contribution in [0.1, 0.15) is 16.7 Å². The fourth-order valence-corrected chi connectivity index (χ4v) is 3.71. The van der Waals surface area contributed by atoms with Crippen LogP contribution in [0.4, 0.5) is 5.69 Å². The standard InChI is InChI=1S/C16H20N2O2S/c1-12-9-15(17)13(2)16(10-12)21(19,20)18(3)11-14-7-5-4-6-8-14/h4-10H,11,17H2,1-3H3. The monoisotopic (exact) mass is 304 g/mol. The molecule has 2 rings (SSSR count). The van der Waals surface area contributed by atoms with E-state index in [2.05, 4.69) is 0 Å². The van der Waals surface area contributed by atoms with Gasteiger partial charge in [0.1, 0.15) is 0 Å². The third-order valence-electron chi connectivity index (χ3n) is 3.48. The van der Waals surface area contributed by atoms with Crippen LogP contribution in [-0.4, -0.2) is 19.8 Å². The molecule has 0 spiro atoms. The van der Waals surface area contributed by atoms with Crippen molar-refractivity contribution in [2.75, 3.05) is 12.8 Å². The highest BCUT2D eigenvalue weighted by Gasteiger charge is 2.24. The Morgan fingerprint density at radius 1 is 1.10 bits per heavy atom. The largest absolute Gasteiger partial charge is 0.398 e. The molecule has 2 aromatic carbocycles. The Morgan fingerprint density at radius 3 is 2.33 bits per heavy atom. The number of nitrogens with zero attached hydrogens (tertiary/aromatic N) is 1. The summed E-state index contributed by atoms with van der Waals surface area (Å²) >= 11 is 0. The normalized spacial score (nSPS) is 11.8. The molecule has 0 bridgehead atoms. The summed E-state index contributed by atoms with van der Waals surface area (Å²) in [6.07, 6.45) is 0. The van der Waals surface area contributed by atoms with Crippen LogP contribution in [0, 0.1) is 13.8 Å². The van der Waals surface area contributed by atoms with Gasteiger partial charge in [-0.25, -0.2) is 8.42 Å². The number of hydrogen-bond donors (Lipinski definition) is 1. The molecule has 0 atom stereocenters. The number of anilines is 1. The summed E-state index contributed by atoms with van der Waals surface area (Å²) in [5.74, 6) is 0.